The second kappa shape index (κ2) is 2.90. The maximum absolute atomic E-state index is 6.05. The second-order valence-electron chi connectivity index (χ2n) is 4.02. The van der Waals surface area contributed by atoms with Crippen molar-refractivity contribution in [3.63, 3.8) is 0 Å². The van der Waals surface area contributed by atoms with Crippen LogP contribution in [0.4, 0.5) is 0 Å². The summed E-state index contributed by atoms with van der Waals surface area (Å²) in [6.07, 6.45) is 5.60. The first kappa shape index (κ1) is 8.61. The molecule has 2 aromatic rings. The van der Waals surface area contributed by atoms with Crippen molar-refractivity contribution >= 4 is 0 Å². The molecule has 1 aliphatic rings. The lowest BCUT2D eigenvalue weighted by molar-refractivity contribution is 0.685. The summed E-state index contributed by atoms with van der Waals surface area (Å²) < 4.78 is 0. The van der Waals surface area contributed by atoms with Gasteiger partial charge in [-0.05, 0) is 25.0 Å². The Morgan fingerprint density at radius 2 is 2.13 bits per heavy atom. The van der Waals surface area contributed by atoms with Gasteiger partial charge in [-0.15, -0.1) is 0 Å². The summed E-state index contributed by atoms with van der Waals surface area (Å²) in [5.74, 6) is 0.878. The van der Waals surface area contributed by atoms with Gasteiger partial charge in [-0.1, -0.05) is 6.07 Å². The van der Waals surface area contributed by atoms with Crippen LogP contribution in [0.15, 0.2) is 30.6 Å². The van der Waals surface area contributed by atoms with Crippen molar-refractivity contribution < 1.29 is 0 Å². The van der Waals surface area contributed by atoms with E-state index in [9.17, 15) is 0 Å². The van der Waals surface area contributed by atoms with Crippen LogP contribution in [-0.4, -0.2) is 15.0 Å². The van der Waals surface area contributed by atoms with Crippen molar-refractivity contribution in [3.05, 3.63) is 36.4 Å². The minimum Gasteiger partial charge on any atom is -0.339 e. The van der Waals surface area contributed by atoms with Crippen molar-refractivity contribution in [2.75, 3.05) is 0 Å². The number of nitrogens with zero attached hydrogens (tertiary/aromatic N) is 2. The van der Waals surface area contributed by atoms with Crippen LogP contribution in [0, 0.1) is 0 Å². The second-order valence-corrected chi connectivity index (χ2v) is 4.02. The van der Waals surface area contributed by atoms with Crippen LogP contribution in [0.3, 0.4) is 0 Å². The van der Waals surface area contributed by atoms with E-state index in [0.717, 1.165) is 30.1 Å². The van der Waals surface area contributed by atoms with E-state index in [2.05, 4.69) is 15.0 Å². The lowest BCUT2D eigenvalue weighted by atomic mass is 10.3. The van der Waals surface area contributed by atoms with Crippen LogP contribution in [-0.2, 0) is 5.54 Å². The first-order valence-corrected chi connectivity index (χ1v) is 5.04. The highest BCUT2D eigenvalue weighted by Gasteiger charge is 2.42. The first-order valence-electron chi connectivity index (χ1n) is 5.04. The summed E-state index contributed by atoms with van der Waals surface area (Å²) in [6, 6.07) is 5.80. The average molecular weight is 200 g/mol. The van der Waals surface area contributed by atoms with Gasteiger partial charge in [0.15, 0.2) is 0 Å². The molecule has 3 rings (SSSR count). The lowest BCUT2D eigenvalue weighted by Gasteiger charge is -2.02. The third-order valence-corrected chi connectivity index (χ3v) is 2.78. The first-order chi connectivity index (χ1) is 7.28. The lowest BCUT2D eigenvalue weighted by Crippen LogP contribution is -2.20. The van der Waals surface area contributed by atoms with Crippen molar-refractivity contribution in [1.29, 1.82) is 0 Å². The summed E-state index contributed by atoms with van der Waals surface area (Å²) in [5, 5.41) is 0. The molecular weight excluding hydrogens is 188 g/mol. The third kappa shape index (κ3) is 1.43. The molecule has 4 nitrogen and oxygen atoms in total. The van der Waals surface area contributed by atoms with Crippen LogP contribution in [0.25, 0.3) is 11.4 Å². The van der Waals surface area contributed by atoms with E-state index >= 15 is 0 Å². The molecule has 1 fully saturated rings. The van der Waals surface area contributed by atoms with Gasteiger partial charge >= 0.3 is 0 Å². The normalized spacial score (nSPS) is 17.7. The van der Waals surface area contributed by atoms with Crippen molar-refractivity contribution in [3.8, 4) is 11.4 Å². The van der Waals surface area contributed by atoms with Crippen LogP contribution < -0.4 is 5.73 Å². The summed E-state index contributed by atoms with van der Waals surface area (Å²) in [5.41, 5.74) is 7.68. The minimum absolute atomic E-state index is 0.201. The fourth-order valence-electron chi connectivity index (χ4n) is 1.60. The molecule has 0 radical (unpaired) electrons. The van der Waals surface area contributed by atoms with Crippen molar-refractivity contribution in [2.45, 2.75) is 18.4 Å². The number of aromatic amines is 1. The van der Waals surface area contributed by atoms with Gasteiger partial charge in [-0.25, -0.2) is 4.98 Å². The molecule has 0 aliphatic heterocycles. The molecule has 0 atom stereocenters. The van der Waals surface area contributed by atoms with Gasteiger partial charge in [0.05, 0.1) is 23.1 Å². The Balaban J connectivity index is 1.97. The van der Waals surface area contributed by atoms with Crippen LogP contribution in [0.2, 0.25) is 0 Å². The number of nitrogens with one attached hydrogen (secondary N) is 1. The van der Waals surface area contributed by atoms with Crippen molar-refractivity contribution in [2.24, 2.45) is 5.73 Å². The number of imidazole rings is 1. The quantitative estimate of drug-likeness (QED) is 0.770. The molecule has 2 aromatic heterocycles. The highest BCUT2D eigenvalue weighted by molar-refractivity contribution is 5.53. The number of hydrogen-bond donors (Lipinski definition) is 2. The number of hydrogen-bond acceptors (Lipinski definition) is 3. The maximum atomic E-state index is 6.05. The maximum Gasteiger partial charge on any atom is 0.126 e. The van der Waals surface area contributed by atoms with Gasteiger partial charge in [0.1, 0.15) is 5.82 Å². The van der Waals surface area contributed by atoms with Gasteiger partial charge in [0.2, 0.25) is 0 Å². The standard InChI is InChI=1S/C11H12N4/c12-11(4-5-11)10-14-7-9(15-10)8-3-1-2-6-13-8/h1-3,6-7H,4-5,12H2,(H,14,15). The molecule has 0 saturated heterocycles. The molecule has 0 aromatic carbocycles. The molecule has 4 heteroatoms. The molecular formula is C11H12N4. The molecule has 15 heavy (non-hydrogen) atoms. The fourth-order valence-corrected chi connectivity index (χ4v) is 1.60. The monoisotopic (exact) mass is 200 g/mol. The SMILES string of the molecule is NC1(c2ncc(-c3ccccn3)[nH]2)CC1. The Hall–Kier alpha value is -1.68. The Morgan fingerprint density at radius 1 is 1.27 bits per heavy atom. The molecule has 3 N–H and O–H groups in total. The molecule has 0 spiro atoms. The van der Waals surface area contributed by atoms with E-state index in [1.54, 1.807) is 12.4 Å². The highest BCUT2D eigenvalue weighted by atomic mass is 15.0. The number of aromatic nitrogens is 3. The predicted octanol–water partition coefficient (Wildman–Crippen LogP) is 1.42. The summed E-state index contributed by atoms with van der Waals surface area (Å²) in [7, 11) is 0. The van der Waals surface area contributed by atoms with Gasteiger partial charge in [-0.3, -0.25) is 4.98 Å². The van der Waals surface area contributed by atoms with E-state index in [0.29, 0.717) is 0 Å². The van der Waals surface area contributed by atoms with Gasteiger partial charge < -0.3 is 10.7 Å². The number of nitrogens with two attached hydrogens (primary N) is 1. The number of rotatable bonds is 2. The number of H-pyrrole nitrogens is 1. The zero-order valence-corrected chi connectivity index (χ0v) is 8.27. The molecule has 1 saturated carbocycles. The zero-order valence-electron chi connectivity index (χ0n) is 8.27. The molecule has 76 valence electrons. The topological polar surface area (TPSA) is 67.6 Å². The Kier molecular flexibility index (Phi) is 1.67. The highest BCUT2D eigenvalue weighted by Crippen LogP contribution is 2.41. The predicted molar refractivity (Wildman–Crippen MR) is 56.9 cm³/mol. The molecule has 0 unspecified atom stereocenters. The van der Waals surface area contributed by atoms with E-state index in [1.807, 2.05) is 18.2 Å². The third-order valence-electron chi connectivity index (χ3n) is 2.78. The van der Waals surface area contributed by atoms with Gasteiger partial charge in [-0.2, -0.15) is 0 Å². The number of pyridine rings is 1. The molecule has 2 heterocycles. The molecule has 0 bridgehead atoms. The molecule has 1 aliphatic carbocycles. The summed E-state index contributed by atoms with van der Waals surface area (Å²) >= 11 is 0. The van der Waals surface area contributed by atoms with E-state index in [1.165, 1.54) is 0 Å². The van der Waals surface area contributed by atoms with E-state index in [4.69, 9.17) is 5.73 Å². The fraction of sp³-hybridized carbons (Fsp3) is 0.273. The van der Waals surface area contributed by atoms with Crippen LogP contribution in [0.1, 0.15) is 18.7 Å². The van der Waals surface area contributed by atoms with Gasteiger partial charge in [0.25, 0.3) is 0 Å². The van der Waals surface area contributed by atoms with Crippen LogP contribution >= 0.6 is 0 Å². The largest absolute Gasteiger partial charge is 0.339 e. The average Bonchev–Trinajstić information content (AvgIpc) is 2.85. The van der Waals surface area contributed by atoms with E-state index < -0.39 is 0 Å². The summed E-state index contributed by atoms with van der Waals surface area (Å²) in [4.78, 5) is 11.8. The summed E-state index contributed by atoms with van der Waals surface area (Å²) in [6.45, 7) is 0. The Labute approximate surface area is 87.6 Å². The van der Waals surface area contributed by atoms with Crippen LogP contribution in [0.5, 0.6) is 0 Å². The van der Waals surface area contributed by atoms with E-state index in [-0.39, 0.29) is 5.54 Å². The Bertz CT molecular complexity index is 470. The van der Waals surface area contributed by atoms with Gasteiger partial charge in [0, 0.05) is 6.20 Å². The zero-order chi connectivity index (χ0) is 10.3. The molecule has 0 amide bonds. The minimum atomic E-state index is -0.201. The van der Waals surface area contributed by atoms with Crippen molar-refractivity contribution in [1.82, 2.24) is 15.0 Å². The Morgan fingerprint density at radius 3 is 2.80 bits per heavy atom. The smallest absolute Gasteiger partial charge is 0.126 e.